The molecule has 4 amide bonds. The molecule has 28 heavy (non-hydrogen) atoms. The molecule has 146 valence electrons. The molecule has 10 heteroatoms. The molecule has 1 atom stereocenters. The Bertz CT molecular complexity index is 903. The second kappa shape index (κ2) is 8.49. The molecule has 1 heterocycles. The van der Waals surface area contributed by atoms with Crippen molar-refractivity contribution >= 4 is 29.4 Å². The molecule has 0 aromatic heterocycles. The number of hydrogen-bond acceptors (Lipinski definition) is 5. The van der Waals surface area contributed by atoms with Crippen molar-refractivity contribution < 1.29 is 23.9 Å². The molecule has 0 saturated heterocycles. The van der Waals surface area contributed by atoms with Gasteiger partial charge in [-0.25, -0.2) is 4.79 Å². The lowest BCUT2D eigenvalue weighted by Crippen LogP contribution is -2.44. The maximum atomic E-state index is 12.2. The molecule has 0 bridgehead atoms. The zero-order valence-corrected chi connectivity index (χ0v) is 15.3. The van der Waals surface area contributed by atoms with Crippen LogP contribution in [0.3, 0.4) is 0 Å². The first-order valence-electron chi connectivity index (χ1n) is 8.22. The third kappa shape index (κ3) is 4.83. The van der Waals surface area contributed by atoms with Crippen LogP contribution in [0.25, 0.3) is 0 Å². The number of nitrogens with one attached hydrogen (secondary N) is 3. The number of rotatable bonds is 5. The van der Waals surface area contributed by atoms with Crippen molar-refractivity contribution in [1.29, 1.82) is 0 Å². The highest BCUT2D eigenvalue weighted by molar-refractivity contribution is 6.30. The highest BCUT2D eigenvalue weighted by atomic mass is 35.5. The molecule has 0 unspecified atom stereocenters. The molecule has 2 aromatic rings. The monoisotopic (exact) mass is 404 g/mol. The molecule has 0 saturated carbocycles. The number of hydrogen-bond donors (Lipinski definition) is 4. The number of amides is 4. The first-order valence-corrected chi connectivity index (χ1v) is 8.60. The van der Waals surface area contributed by atoms with Gasteiger partial charge in [-0.2, -0.15) is 0 Å². The fraction of sp³-hybridized carbons (Fsp3) is 0.167. The molecule has 9 nitrogen and oxygen atoms in total. The van der Waals surface area contributed by atoms with Gasteiger partial charge in [0.25, 0.3) is 5.91 Å². The lowest BCUT2D eigenvalue weighted by molar-refractivity contribution is -0.122. The van der Waals surface area contributed by atoms with Crippen molar-refractivity contribution in [3.63, 3.8) is 0 Å². The van der Waals surface area contributed by atoms with E-state index in [0.29, 0.717) is 22.1 Å². The standard InChI is InChI=1S/C18H17ClN4O5/c19-12-4-1-10(2-5-12)13(21-18(20)26)8-16(24)22-23-17(25)11-3-6-14-15(7-11)28-9-27-14/h1-7,13H,8-9H2,(H,22,24)(H,23,25)(H3,20,21,26)/t13-/m0/s1. The van der Waals surface area contributed by atoms with Gasteiger partial charge < -0.3 is 20.5 Å². The van der Waals surface area contributed by atoms with Crippen LogP contribution in [-0.4, -0.2) is 24.6 Å². The summed E-state index contributed by atoms with van der Waals surface area (Å²) in [5, 5.41) is 3.00. The number of fused-ring (bicyclic) bond motifs is 1. The smallest absolute Gasteiger partial charge is 0.312 e. The molecular formula is C18H17ClN4O5. The van der Waals surface area contributed by atoms with E-state index in [-0.39, 0.29) is 18.8 Å². The molecule has 0 radical (unpaired) electrons. The van der Waals surface area contributed by atoms with Crippen molar-refractivity contribution in [1.82, 2.24) is 16.2 Å². The van der Waals surface area contributed by atoms with Gasteiger partial charge >= 0.3 is 6.03 Å². The molecule has 0 spiro atoms. The Morgan fingerprint density at radius 2 is 1.75 bits per heavy atom. The van der Waals surface area contributed by atoms with E-state index in [2.05, 4.69) is 16.2 Å². The van der Waals surface area contributed by atoms with Crippen LogP contribution in [0.1, 0.15) is 28.4 Å². The molecule has 5 N–H and O–H groups in total. The van der Waals surface area contributed by atoms with Crippen molar-refractivity contribution in [2.75, 3.05) is 6.79 Å². The minimum absolute atomic E-state index is 0.0933. The molecule has 3 rings (SSSR count). The number of carbonyl (C=O) groups excluding carboxylic acids is 3. The predicted octanol–water partition coefficient (Wildman–Crippen LogP) is 1.63. The Hall–Kier alpha value is -3.46. The van der Waals surface area contributed by atoms with E-state index < -0.39 is 23.9 Å². The Labute approximate surface area is 165 Å². The zero-order valence-electron chi connectivity index (χ0n) is 14.5. The fourth-order valence-corrected chi connectivity index (χ4v) is 2.72. The number of primary amides is 1. The van der Waals surface area contributed by atoms with Crippen LogP contribution in [0.5, 0.6) is 11.5 Å². The van der Waals surface area contributed by atoms with Gasteiger partial charge in [-0.1, -0.05) is 23.7 Å². The van der Waals surface area contributed by atoms with Crippen LogP contribution in [0.15, 0.2) is 42.5 Å². The summed E-state index contributed by atoms with van der Waals surface area (Å²) in [6.45, 7) is 0.0933. The fourth-order valence-electron chi connectivity index (χ4n) is 2.59. The maximum Gasteiger partial charge on any atom is 0.312 e. The van der Waals surface area contributed by atoms with Crippen LogP contribution < -0.4 is 31.4 Å². The summed E-state index contributed by atoms with van der Waals surface area (Å²) in [5.74, 6) is -0.0586. The zero-order chi connectivity index (χ0) is 20.1. The maximum absolute atomic E-state index is 12.2. The molecular weight excluding hydrogens is 388 g/mol. The second-order valence-electron chi connectivity index (χ2n) is 5.89. The van der Waals surface area contributed by atoms with E-state index in [4.69, 9.17) is 26.8 Å². The van der Waals surface area contributed by atoms with E-state index in [1.807, 2.05) is 0 Å². The van der Waals surface area contributed by atoms with Gasteiger partial charge in [-0.05, 0) is 35.9 Å². The summed E-state index contributed by atoms with van der Waals surface area (Å²) in [6, 6.07) is 9.79. The van der Waals surface area contributed by atoms with Crippen LogP contribution in [0.4, 0.5) is 4.79 Å². The molecule has 0 aliphatic carbocycles. The number of benzene rings is 2. The number of halogens is 1. The first-order chi connectivity index (χ1) is 13.4. The summed E-state index contributed by atoms with van der Waals surface area (Å²) in [7, 11) is 0. The van der Waals surface area contributed by atoms with Gasteiger partial charge in [0.1, 0.15) is 0 Å². The van der Waals surface area contributed by atoms with Crippen molar-refractivity contribution in [3.05, 3.63) is 58.6 Å². The van der Waals surface area contributed by atoms with Crippen molar-refractivity contribution in [3.8, 4) is 11.5 Å². The second-order valence-corrected chi connectivity index (χ2v) is 6.32. The summed E-state index contributed by atoms with van der Waals surface area (Å²) in [6.07, 6.45) is -0.147. The van der Waals surface area contributed by atoms with Crippen LogP contribution in [0, 0.1) is 0 Å². The molecule has 0 fully saturated rings. The van der Waals surface area contributed by atoms with Crippen molar-refractivity contribution in [2.45, 2.75) is 12.5 Å². The van der Waals surface area contributed by atoms with Gasteiger partial charge in [0.05, 0.1) is 12.5 Å². The van der Waals surface area contributed by atoms with Crippen molar-refractivity contribution in [2.24, 2.45) is 5.73 Å². The third-order valence-corrected chi connectivity index (χ3v) is 4.18. The largest absolute Gasteiger partial charge is 0.454 e. The molecule has 2 aromatic carbocycles. The summed E-state index contributed by atoms with van der Waals surface area (Å²) in [5.41, 5.74) is 10.7. The molecule has 1 aliphatic heterocycles. The third-order valence-electron chi connectivity index (χ3n) is 3.93. The minimum atomic E-state index is -0.780. The average Bonchev–Trinajstić information content (AvgIpc) is 3.13. The van der Waals surface area contributed by atoms with E-state index in [1.54, 1.807) is 36.4 Å². The highest BCUT2D eigenvalue weighted by Gasteiger charge is 2.19. The normalized spacial score (nSPS) is 12.8. The van der Waals surface area contributed by atoms with E-state index in [0.717, 1.165) is 0 Å². The Balaban J connectivity index is 1.58. The Kier molecular flexibility index (Phi) is 5.85. The number of carbonyl (C=O) groups is 3. The predicted molar refractivity (Wildman–Crippen MR) is 99.7 cm³/mol. The van der Waals surface area contributed by atoms with Gasteiger partial charge in [-0.3, -0.25) is 20.4 Å². The number of nitrogens with two attached hydrogens (primary N) is 1. The SMILES string of the molecule is NC(=O)N[C@@H](CC(=O)NNC(=O)c1ccc2c(c1)OCO2)c1ccc(Cl)cc1. The topological polar surface area (TPSA) is 132 Å². The minimum Gasteiger partial charge on any atom is -0.454 e. The van der Waals surface area contributed by atoms with Gasteiger partial charge in [0.15, 0.2) is 11.5 Å². The highest BCUT2D eigenvalue weighted by Crippen LogP contribution is 2.32. The quantitative estimate of drug-likeness (QED) is 0.562. The number of hydrazine groups is 1. The number of ether oxygens (including phenoxy) is 2. The summed E-state index contributed by atoms with van der Waals surface area (Å²) in [4.78, 5) is 35.6. The van der Waals surface area contributed by atoms with Gasteiger partial charge in [0, 0.05) is 10.6 Å². The lowest BCUT2D eigenvalue weighted by atomic mass is 10.0. The lowest BCUT2D eigenvalue weighted by Gasteiger charge is -2.18. The van der Waals surface area contributed by atoms with Crippen LogP contribution >= 0.6 is 11.6 Å². The van der Waals surface area contributed by atoms with E-state index >= 15 is 0 Å². The first kappa shape index (κ1) is 19.3. The summed E-state index contributed by atoms with van der Waals surface area (Å²) >= 11 is 5.85. The van der Waals surface area contributed by atoms with E-state index in [1.165, 1.54) is 6.07 Å². The Morgan fingerprint density at radius 3 is 2.46 bits per heavy atom. The Morgan fingerprint density at radius 1 is 1.04 bits per heavy atom. The van der Waals surface area contributed by atoms with E-state index in [9.17, 15) is 14.4 Å². The van der Waals surface area contributed by atoms with Crippen LogP contribution in [-0.2, 0) is 4.79 Å². The number of urea groups is 1. The van der Waals surface area contributed by atoms with Gasteiger partial charge in [-0.15, -0.1) is 0 Å². The molecule has 1 aliphatic rings. The average molecular weight is 405 g/mol. The summed E-state index contributed by atoms with van der Waals surface area (Å²) < 4.78 is 10.4. The van der Waals surface area contributed by atoms with Crippen LogP contribution in [0.2, 0.25) is 5.02 Å². The van der Waals surface area contributed by atoms with Gasteiger partial charge in [0.2, 0.25) is 12.7 Å².